The van der Waals surface area contributed by atoms with Crippen molar-refractivity contribution in [3.63, 3.8) is 0 Å². The van der Waals surface area contributed by atoms with Crippen LogP contribution in [0.3, 0.4) is 0 Å². The normalized spacial score (nSPS) is 17.4. The summed E-state index contributed by atoms with van der Waals surface area (Å²) in [7, 11) is 0. The van der Waals surface area contributed by atoms with Gasteiger partial charge in [-0.1, -0.05) is 12.1 Å². The minimum Gasteiger partial charge on any atom is -0.488 e. The van der Waals surface area contributed by atoms with Gasteiger partial charge in [0, 0.05) is 25.7 Å². The molecule has 0 unspecified atom stereocenters. The SMILES string of the molecule is FC(F)(F)c1ccc(CN2CC(Oc3ccc4c(c3)OCO4)C2)cc1. The first-order valence-corrected chi connectivity index (χ1v) is 7.92. The maximum Gasteiger partial charge on any atom is 0.416 e. The molecule has 1 saturated heterocycles. The fourth-order valence-corrected chi connectivity index (χ4v) is 2.93. The maximum atomic E-state index is 12.6. The summed E-state index contributed by atoms with van der Waals surface area (Å²) in [4.78, 5) is 2.13. The summed E-state index contributed by atoms with van der Waals surface area (Å²) >= 11 is 0. The molecule has 0 N–H and O–H groups in total. The first kappa shape index (κ1) is 16.1. The minimum atomic E-state index is -4.29. The molecule has 1 fully saturated rings. The molecule has 2 aliphatic heterocycles. The van der Waals surface area contributed by atoms with Crippen molar-refractivity contribution in [2.75, 3.05) is 19.9 Å². The molecule has 7 heteroatoms. The lowest BCUT2D eigenvalue weighted by Crippen LogP contribution is -2.53. The van der Waals surface area contributed by atoms with E-state index in [0.29, 0.717) is 18.0 Å². The predicted molar refractivity (Wildman–Crippen MR) is 83.7 cm³/mol. The molecule has 2 aromatic carbocycles. The van der Waals surface area contributed by atoms with Gasteiger partial charge in [-0.2, -0.15) is 13.2 Å². The molecule has 132 valence electrons. The van der Waals surface area contributed by atoms with E-state index in [2.05, 4.69) is 4.90 Å². The molecule has 4 nitrogen and oxygen atoms in total. The molecule has 0 atom stereocenters. The molecule has 4 rings (SSSR count). The van der Waals surface area contributed by atoms with Crippen LogP contribution in [0.2, 0.25) is 0 Å². The number of fused-ring (bicyclic) bond motifs is 1. The Morgan fingerprint density at radius 2 is 1.72 bits per heavy atom. The molecule has 0 spiro atoms. The third kappa shape index (κ3) is 3.51. The van der Waals surface area contributed by atoms with Gasteiger partial charge in [0.1, 0.15) is 11.9 Å². The van der Waals surface area contributed by atoms with Gasteiger partial charge in [-0.3, -0.25) is 4.90 Å². The van der Waals surface area contributed by atoms with Gasteiger partial charge in [-0.15, -0.1) is 0 Å². The highest BCUT2D eigenvalue weighted by atomic mass is 19.4. The predicted octanol–water partition coefficient (Wildman–Crippen LogP) is 3.70. The van der Waals surface area contributed by atoms with Crippen molar-refractivity contribution in [1.82, 2.24) is 4.90 Å². The van der Waals surface area contributed by atoms with E-state index >= 15 is 0 Å². The first-order chi connectivity index (χ1) is 12.0. The van der Waals surface area contributed by atoms with Crippen molar-refractivity contribution in [3.05, 3.63) is 53.6 Å². The summed E-state index contributed by atoms with van der Waals surface area (Å²) < 4.78 is 54.1. The second-order valence-electron chi connectivity index (χ2n) is 6.14. The number of nitrogens with zero attached hydrogens (tertiary/aromatic N) is 1. The van der Waals surface area contributed by atoms with Crippen LogP contribution in [-0.2, 0) is 12.7 Å². The number of alkyl halides is 3. The largest absolute Gasteiger partial charge is 0.488 e. The van der Waals surface area contributed by atoms with Crippen LogP contribution in [0.15, 0.2) is 42.5 Å². The minimum absolute atomic E-state index is 0.0646. The van der Waals surface area contributed by atoms with Crippen LogP contribution in [-0.4, -0.2) is 30.9 Å². The third-order valence-corrected chi connectivity index (χ3v) is 4.26. The Kier molecular flexibility index (Phi) is 3.95. The van der Waals surface area contributed by atoms with Gasteiger partial charge >= 0.3 is 6.18 Å². The topological polar surface area (TPSA) is 30.9 Å². The first-order valence-electron chi connectivity index (χ1n) is 7.92. The van der Waals surface area contributed by atoms with Crippen LogP contribution in [0, 0.1) is 0 Å². The lowest BCUT2D eigenvalue weighted by atomic mass is 10.1. The summed E-state index contributed by atoms with van der Waals surface area (Å²) in [5.74, 6) is 2.12. The van der Waals surface area contributed by atoms with Gasteiger partial charge in [0.15, 0.2) is 11.5 Å². The van der Waals surface area contributed by atoms with Crippen LogP contribution < -0.4 is 14.2 Å². The van der Waals surface area contributed by atoms with Crippen LogP contribution in [0.4, 0.5) is 13.2 Å². The van der Waals surface area contributed by atoms with Crippen LogP contribution in [0.1, 0.15) is 11.1 Å². The monoisotopic (exact) mass is 351 g/mol. The summed E-state index contributed by atoms with van der Waals surface area (Å²) in [6.45, 7) is 2.30. The van der Waals surface area contributed by atoms with E-state index in [0.717, 1.165) is 36.5 Å². The van der Waals surface area contributed by atoms with E-state index in [1.807, 2.05) is 12.1 Å². The summed E-state index contributed by atoms with van der Waals surface area (Å²) in [5.41, 5.74) is 0.235. The molecule has 2 aromatic rings. The van der Waals surface area contributed by atoms with Crippen LogP contribution in [0.25, 0.3) is 0 Å². The van der Waals surface area contributed by atoms with Gasteiger partial charge in [0.25, 0.3) is 0 Å². The Morgan fingerprint density at radius 1 is 1.00 bits per heavy atom. The smallest absolute Gasteiger partial charge is 0.416 e. The van der Waals surface area contributed by atoms with Crippen molar-refractivity contribution >= 4 is 0 Å². The van der Waals surface area contributed by atoms with Gasteiger partial charge < -0.3 is 14.2 Å². The number of hydrogen-bond acceptors (Lipinski definition) is 4. The van der Waals surface area contributed by atoms with Crippen molar-refractivity contribution in [1.29, 1.82) is 0 Å². The molecule has 25 heavy (non-hydrogen) atoms. The average Bonchev–Trinajstić information content (AvgIpc) is 3.00. The van der Waals surface area contributed by atoms with E-state index in [1.165, 1.54) is 12.1 Å². The van der Waals surface area contributed by atoms with Crippen molar-refractivity contribution in [2.24, 2.45) is 0 Å². The molecule has 0 radical (unpaired) electrons. The zero-order valence-corrected chi connectivity index (χ0v) is 13.3. The van der Waals surface area contributed by atoms with E-state index in [1.54, 1.807) is 6.07 Å². The number of rotatable bonds is 4. The third-order valence-electron chi connectivity index (χ3n) is 4.26. The molecule has 0 aromatic heterocycles. The van der Waals surface area contributed by atoms with E-state index in [9.17, 15) is 13.2 Å². The Bertz CT molecular complexity index is 755. The van der Waals surface area contributed by atoms with Gasteiger partial charge in [-0.05, 0) is 29.8 Å². The number of halogens is 3. The fourth-order valence-electron chi connectivity index (χ4n) is 2.93. The zero-order chi connectivity index (χ0) is 17.4. The molecule has 0 saturated carbocycles. The average molecular weight is 351 g/mol. The number of hydrogen-bond donors (Lipinski definition) is 0. The van der Waals surface area contributed by atoms with Crippen molar-refractivity contribution in [2.45, 2.75) is 18.8 Å². The Balaban J connectivity index is 1.28. The van der Waals surface area contributed by atoms with Crippen LogP contribution >= 0.6 is 0 Å². The molecule has 0 amide bonds. The van der Waals surface area contributed by atoms with E-state index in [-0.39, 0.29) is 12.9 Å². The highest BCUT2D eigenvalue weighted by Crippen LogP contribution is 2.36. The Labute approximate surface area is 142 Å². The van der Waals surface area contributed by atoms with Gasteiger partial charge in [-0.25, -0.2) is 0 Å². The quantitative estimate of drug-likeness (QED) is 0.841. The Morgan fingerprint density at radius 3 is 2.44 bits per heavy atom. The highest BCUT2D eigenvalue weighted by Gasteiger charge is 2.31. The van der Waals surface area contributed by atoms with Gasteiger partial charge in [0.2, 0.25) is 6.79 Å². The molecule has 0 bridgehead atoms. The van der Waals surface area contributed by atoms with Crippen LogP contribution in [0.5, 0.6) is 17.2 Å². The van der Waals surface area contributed by atoms with Crippen molar-refractivity contribution < 1.29 is 27.4 Å². The second-order valence-corrected chi connectivity index (χ2v) is 6.14. The molecular formula is C18H16F3NO3. The Hall–Kier alpha value is -2.41. The number of ether oxygens (including phenoxy) is 3. The van der Waals surface area contributed by atoms with E-state index in [4.69, 9.17) is 14.2 Å². The summed E-state index contributed by atoms with van der Waals surface area (Å²) in [6.07, 6.45) is -4.23. The van der Waals surface area contributed by atoms with Gasteiger partial charge in [0.05, 0.1) is 5.56 Å². The lowest BCUT2D eigenvalue weighted by Gasteiger charge is -2.39. The maximum absolute atomic E-state index is 12.6. The highest BCUT2D eigenvalue weighted by molar-refractivity contribution is 5.47. The standard InChI is InChI=1S/C18H16F3NO3/c19-18(20,21)13-3-1-12(2-4-13)8-22-9-15(10-22)25-14-5-6-16-17(7-14)24-11-23-16/h1-7,15H,8-11H2. The van der Waals surface area contributed by atoms with Crippen molar-refractivity contribution in [3.8, 4) is 17.2 Å². The summed E-state index contributed by atoms with van der Waals surface area (Å²) in [5, 5.41) is 0. The number of benzene rings is 2. The molecule has 0 aliphatic carbocycles. The fraction of sp³-hybridized carbons (Fsp3) is 0.333. The molecule has 2 heterocycles. The number of likely N-dealkylation sites (tertiary alicyclic amines) is 1. The molecule has 2 aliphatic rings. The summed E-state index contributed by atoms with van der Waals surface area (Å²) in [6, 6.07) is 10.7. The van der Waals surface area contributed by atoms with E-state index < -0.39 is 11.7 Å². The molecular weight excluding hydrogens is 335 g/mol. The zero-order valence-electron chi connectivity index (χ0n) is 13.3. The second kappa shape index (κ2) is 6.15. The lowest BCUT2D eigenvalue weighted by molar-refractivity contribution is -0.137.